The van der Waals surface area contributed by atoms with Gasteiger partial charge in [0.15, 0.2) is 5.79 Å². The van der Waals surface area contributed by atoms with Crippen LogP contribution in [0.2, 0.25) is 0 Å². The lowest BCUT2D eigenvalue weighted by Crippen LogP contribution is -2.58. The van der Waals surface area contributed by atoms with Crippen molar-refractivity contribution < 1.29 is 53.2 Å². The lowest BCUT2D eigenvalue weighted by molar-refractivity contribution is -0.270. The number of amides is 1. The van der Waals surface area contributed by atoms with Gasteiger partial charge >= 0.3 is 21.3 Å². The normalized spacial score (nSPS) is 20.1. The Hall–Kier alpha value is -1.90. The second-order valence-corrected chi connectivity index (χ2v) is 8.39. The third-order valence-electron chi connectivity index (χ3n) is 4.24. The van der Waals surface area contributed by atoms with Crippen molar-refractivity contribution in [3.63, 3.8) is 0 Å². The zero-order valence-corrected chi connectivity index (χ0v) is 16.8. The van der Waals surface area contributed by atoms with Crippen molar-refractivity contribution in [1.82, 2.24) is 0 Å². The van der Waals surface area contributed by atoms with Gasteiger partial charge in [-0.05, 0) is 25.5 Å². The highest BCUT2D eigenvalue weighted by atomic mass is 32.2. The SMILES string of the molecule is CC1(CC(OS(=O)(=O)C(F)(C(=O)Nc2ccccc2)C(F)(F)F)C(F)F)OCCCO1. The van der Waals surface area contributed by atoms with Crippen LogP contribution in [-0.4, -0.2) is 57.0 Å². The number of rotatable bonds is 8. The Labute approximate surface area is 173 Å². The first-order valence-electron chi connectivity index (χ1n) is 8.83. The molecule has 1 aliphatic heterocycles. The highest BCUT2D eigenvalue weighted by Crippen LogP contribution is 2.42. The molecule has 1 fully saturated rings. The number of anilines is 1. The molecular formula is C17H19F6NO6S. The van der Waals surface area contributed by atoms with E-state index in [0.717, 1.165) is 19.1 Å². The summed E-state index contributed by atoms with van der Waals surface area (Å²) in [5, 5.41) is -4.21. The highest BCUT2D eigenvalue weighted by molar-refractivity contribution is 7.89. The second-order valence-electron chi connectivity index (χ2n) is 6.72. The molecule has 0 aromatic heterocycles. The minimum absolute atomic E-state index is 0.0499. The van der Waals surface area contributed by atoms with Crippen LogP contribution >= 0.6 is 0 Å². The van der Waals surface area contributed by atoms with E-state index in [1.807, 2.05) is 0 Å². The zero-order chi connectivity index (χ0) is 23.5. The summed E-state index contributed by atoms with van der Waals surface area (Å²) in [4.78, 5) is 12.0. The fourth-order valence-electron chi connectivity index (χ4n) is 2.67. The molecule has 1 saturated heterocycles. The predicted octanol–water partition coefficient (Wildman–Crippen LogP) is 3.38. The van der Waals surface area contributed by atoms with E-state index >= 15 is 0 Å². The topological polar surface area (TPSA) is 90.9 Å². The fourth-order valence-corrected chi connectivity index (χ4v) is 3.84. The summed E-state index contributed by atoms with van der Waals surface area (Å²) in [7, 11) is -6.62. The predicted molar refractivity (Wildman–Crippen MR) is 94.3 cm³/mol. The van der Waals surface area contributed by atoms with Crippen molar-refractivity contribution >= 4 is 21.7 Å². The quantitative estimate of drug-likeness (QED) is 0.454. The average molecular weight is 479 g/mol. The average Bonchev–Trinajstić information content (AvgIpc) is 2.66. The van der Waals surface area contributed by atoms with Gasteiger partial charge in [-0.1, -0.05) is 18.2 Å². The molecule has 176 valence electrons. The summed E-state index contributed by atoms with van der Waals surface area (Å²) >= 11 is 0. The van der Waals surface area contributed by atoms with Crippen molar-refractivity contribution in [3.8, 4) is 0 Å². The van der Waals surface area contributed by atoms with Crippen LogP contribution in [0.1, 0.15) is 19.8 Å². The highest BCUT2D eigenvalue weighted by Gasteiger charge is 2.72. The number of para-hydroxylation sites is 1. The second kappa shape index (κ2) is 9.30. The third-order valence-corrected chi connectivity index (χ3v) is 5.85. The van der Waals surface area contributed by atoms with Crippen molar-refractivity contribution in [3.05, 3.63) is 30.3 Å². The zero-order valence-electron chi connectivity index (χ0n) is 16.0. The molecule has 1 aromatic rings. The van der Waals surface area contributed by atoms with Gasteiger partial charge in [0.05, 0.1) is 13.2 Å². The van der Waals surface area contributed by atoms with Crippen LogP contribution in [0.3, 0.4) is 0 Å². The molecule has 31 heavy (non-hydrogen) atoms. The number of nitrogens with one attached hydrogen (secondary N) is 1. The van der Waals surface area contributed by atoms with E-state index in [4.69, 9.17) is 9.47 Å². The first kappa shape index (κ1) is 25.4. The van der Waals surface area contributed by atoms with E-state index in [2.05, 4.69) is 4.18 Å². The molecule has 1 heterocycles. The molecule has 1 aliphatic rings. The van der Waals surface area contributed by atoms with Gasteiger partial charge in [-0.25, -0.2) is 13.2 Å². The molecule has 1 N–H and O–H groups in total. The minimum atomic E-state index is -6.62. The third kappa shape index (κ3) is 5.67. The first-order valence-corrected chi connectivity index (χ1v) is 10.2. The largest absolute Gasteiger partial charge is 0.449 e. The van der Waals surface area contributed by atoms with Crippen molar-refractivity contribution in [2.75, 3.05) is 18.5 Å². The summed E-state index contributed by atoms with van der Waals surface area (Å²) in [5.74, 6) is -4.48. The Bertz CT molecular complexity index is 860. The number of hydrogen-bond acceptors (Lipinski definition) is 6. The summed E-state index contributed by atoms with van der Waals surface area (Å²) in [6.45, 7) is 1.24. The van der Waals surface area contributed by atoms with Crippen LogP contribution in [0.25, 0.3) is 0 Å². The molecule has 2 unspecified atom stereocenters. The molecule has 0 saturated carbocycles. The lowest BCUT2D eigenvalue weighted by atomic mass is 10.1. The van der Waals surface area contributed by atoms with Crippen molar-refractivity contribution in [1.29, 1.82) is 0 Å². The number of carbonyl (C=O) groups is 1. The van der Waals surface area contributed by atoms with Crippen LogP contribution < -0.4 is 5.32 Å². The molecule has 0 bridgehead atoms. The van der Waals surface area contributed by atoms with Crippen molar-refractivity contribution in [2.24, 2.45) is 0 Å². The maximum atomic E-state index is 14.9. The fraction of sp³-hybridized carbons (Fsp3) is 0.588. The molecule has 0 aliphatic carbocycles. The number of carbonyl (C=O) groups excluding carboxylic acids is 1. The van der Waals surface area contributed by atoms with Gasteiger partial charge in [0.25, 0.3) is 12.3 Å². The van der Waals surface area contributed by atoms with E-state index < -0.39 is 51.9 Å². The summed E-state index contributed by atoms with van der Waals surface area (Å²) < 4.78 is 120. The smallest absolute Gasteiger partial charge is 0.350 e. The molecule has 0 radical (unpaired) electrons. The van der Waals surface area contributed by atoms with E-state index in [0.29, 0.717) is 6.42 Å². The van der Waals surface area contributed by atoms with Crippen LogP contribution in [0.5, 0.6) is 0 Å². The number of halogens is 6. The Kier molecular flexibility index (Phi) is 7.61. The number of alkyl halides is 6. The number of benzene rings is 1. The van der Waals surface area contributed by atoms with Crippen LogP contribution in [0.15, 0.2) is 30.3 Å². The standard InChI is InChI=1S/C17H19F6NO6S/c1-15(28-8-5-9-29-15)10-12(13(18)19)30-31(26,27)16(20,17(21,22)23)14(25)24-11-6-3-2-4-7-11/h2-4,6-7,12-13H,5,8-10H2,1H3,(H,24,25). The van der Waals surface area contributed by atoms with Gasteiger partial charge in [0.1, 0.15) is 6.10 Å². The Balaban J connectivity index is 2.34. The number of ether oxygens (including phenoxy) is 2. The van der Waals surface area contributed by atoms with Gasteiger partial charge in [-0.3, -0.25) is 8.98 Å². The Morgan fingerprint density at radius 3 is 2.19 bits per heavy atom. The molecule has 1 aromatic carbocycles. The molecule has 7 nitrogen and oxygen atoms in total. The first-order chi connectivity index (χ1) is 14.2. The summed E-state index contributed by atoms with van der Waals surface area (Å²) in [6.07, 6.45) is -13.4. The lowest BCUT2D eigenvalue weighted by Gasteiger charge is -2.36. The van der Waals surface area contributed by atoms with Crippen LogP contribution in [0.4, 0.5) is 32.0 Å². The molecular weight excluding hydrogens is 460 g/mol. The van der Waals surface area contributed by atoms with E-state index in [9.17, 15) is 39.6 Å². The van der Waals surface area contributed by atoms with Crippen LogP contribution in [0, 0.1) is 0 Å². The van der Waals surface area contributed by atoms with Gasteiger partial charge in [0, 0.05) is 12.1 Å². The van der Waals surface area contributed by atoms with Gasteiger partial charge in [0.2, 0.25) is 0 Å². The number of hydrogen-bond donors (Lipinski definition) is 1. The van der Waals surface area contributed by atoms with Gasteiger partial charge in [-0.15, -0.1) is 0 Å². The van der Waals surface area contributed by atoms with Crippen molar-refractivity contribution in [2.45, 2.75) is 49.3 Å². The van der Waals surface area contributed by atoms with Gasteiger partial charge in [-0.2, -0.15) is 21.6 Å². The summed E-state index contributed by atoms with van der Waals surface area (Å²) in [5.41, 5.74) is -0.365. The monoisotopic (exact) mass is 479 g/mol. The maximum absolute atomic E-state index is 14.9. The van der Waals surface area contributed by atoms with E-state index in [1.54, 1.807) is 0 Å². The Morgan fingerprint density at radius 2 is 1.71 bits per heavy atom. The molecule has 2 atom stereocenters. The van der Waals surface area contributed by atoms with E-state index in [-0.39, 0.29) is 18.9 Å². The maximum Gasteiger partial charge on any atom is 0.449 e. The minimum Gasteiger partial charge on any atom is -0.350 e. The summed E-state index contributed by atoms with van der Waals surface area (Å²) in [6, 6.07) is 6.08. The van der Waals surface area contributed by atoms with E-state index in [1.165, 1.54) is 23.5 Å². The Morgan fingerprint density at radius 1 is 1.16 bits per heavy atom. The molecule has 2 rings (SSSR count). The molecule has 14 heteroatoms. The molecule has 1 amide bonds. The molecule has 0 spiro atoms. The van der Waals surface area contributed by atoms with Gasteiger partial charge < -0.3 is 14.8 Å². The van der Waals surface area contributed by atoms with Crippen LogP contribution in [-0.2, 0) is 28.6 Å².